The van der Waals surface area contributed by atoms with Crippen molar-refractivity contribution in [3.8, 4) is 17.0 Å². The highest BCUT2D eigenvalue weighted by molar-refractivity contribution is 5.88. The Hall–Kier alpha value is -4.19. The minimum atomic E-state index is -4.57. The summed E-state index contributed by atoms with van der Waals surface area (Å²) in [6, 6.07) is 9.45. The lowest BCUT2D eigenvalue weighted by atomic mass is 9.86. The fourth-order valence-electron chi connectivity index (χ4n) is 6.33. The molecule has 4 aromatic rings. The van der Waals surface area contributed by atoms with Crippen LogP contribution in [0.4, 0.5) is 23.4 Å². The van der Waals surface area contributed by atoms with E-state index in [2.05, 4.69) is 4.98 Å². The SMILES string of the molecule is CCOc1cc(C(C)(O)c2cccc(C(F)(F)F)c2)ccc1-c1nc([C@@H]2CC[C@H]3CCC(=O)N3C2)n2c(F)cnc(N)c12. The standard InChI is InChI=1S/C31H31F4N5O3/c1-3-43-23-14-19(30(2,42)18-5-4-6-20(13-18)31(33,34)35)8-11-22(23)26-27-28(36)37-15-24(32)40(27)29(38-26)17-7-9-21-10-12-25(41)39(21)16-17/h4-6,8,11,13-15,17,21,42H,3,7,9-10,12,16H2,1-2H3,(H2,36,37)/t17-,21+,30?/m1/s1. The van der Waals surface area contributed by atoms with Crippen molar-refractivity contribution in [3.63, 3.8) is 0 Å². The van der Waals surface area contributed by atoms with Crippen LogP contribution in [-0.2, 0) is 16.6 Å². The molecular formula is C31H31F4N5O3. The highest BCUT2D eigenvalue weighted by atomic mass is 19.4. The van der Waals surface area contributed by atoms with Gasteiger partial charge in [0.2, 0.25) is 11.9 Å². The maximum atomic E-state index is 15.4. The summed E-state index contributed by atoms with van der Waals surface area (Å²) < 4.78 is 62.9. The van der Waals surface area contributed by atoms with Crippen molar-refractivity contribution in [3.05, 3.63) is 77.1 Å². The number of ether oxygens (including phenoxy) is 1. The van der Waals surface area contributed by atoms with E-state index >= 15 is 4.39 Å². The molecule has 2 aliphatic rings. The second-order valence-electron chi connectivity index (χ2n) is 11.3. The van der Waals surface area contributed by atoms with Crippen LogP contribution in [-0.4, -0.2) is 49.5 Å². The molecule has 2 fully saturated rings. The van der Waals surface area contributed by atoms with Crippen molar-refractivity contribution in [1.82, 2.24) is 19.3 Å². The number of nitrogens with two attached hydrogens (primary N) is 1. The number of amides is 1. The predicted octanol–water partition coefficient (Wildman–Crippen LogP) is 5.66. The Kier molecular flexibility index (Phi) is 7.07. The highest BCUT2D eigenvalue weighted by Gasteiger charge is 2.39. The molecule has 2 aromatic carbocycles. The van der Waals surface area contributed by atoms with Gasteiger partial charge in [0, 0.05) is 30.5 Å². The first kappa shape index (κ1) is 28.9. The number of benzene rings is 2. The van der Waals surface area contributed by atoms with Gasteiger partial charge in [-0.15, -0.1) is 0 Å². The van der Waals surface area contributed by atoms with Crippen molar-refractivity contribution in [2.24, 2.45) is 0 Å². The molecule has 1 amide bonds. The van der Waals surface area contributed by atoms with Crippen molar-refractivity contribution in [1.29, 1.82) is 0 Å². The van der Waals surface area contributed by atoms with Gasteiger partial charge in [-0.1, -0.05) is 18.2 Å². The summed E-state index contributed by atoms with van der Waals surface area (Å²) >= 11 is 0. The van der Waals surface area contributed by atoms with E-state index < -0.39 is 23.3 Å². The van der Waals surface area contributed by atoms with Gasteiger partial charge in [0.25, 0.3) is 0 Å². The van der Waals surface area contributed by atoms with Gasteiger partial charge in [-0.25, -0.2) is 9.97 Å². The third-order valence-electron chi connectivity index (χ3n) is 8.60. The molecule has 2 aliphatic heterocycles. The van der Waals surface area contributed by atoms with E-state index in [0.29, 0.717) is 36.5 Å². The number of alkyl halides is 3. The summed E-state index contributed by atoms with van der Waals surface area (Å²) in [7, 11) is 0. The molecule has 4 heterocycles. The van der Waals surface area contributed by atoms with Crippen LogP contribution in [0.15, 0.2) is 48.7 Å². The number of piperidine rings is 1. The molecule has 3 atom stereocenters. The van der Waals surface area contributed by atoms with Crippen LogP contribution in [0.1, 0.15) is 68.0 Å². The third-order valence-corrected chi connectivity index (χ3v) is 8.60. The maximum absolute atomic E-state index is 15.4. The van der Waals surface area contributed by atoms with E-state index in [0.717, 1.165) is 31.2 Å². The molecule has 12 heteroatoms. The normalized spacial score (nSPS) is 20.3. The van der Waals surface area contributed by atoms with Crippen molar-refractivity contribution >= 4 is 17.2 Å². The van der Waals surface area contributed by atoms with Gasteiger partial charge in [0.1, 0.15) is 34.2 Å². The second-order valence-corrected chi connectivity index (χ2v) is 11.3. The number of fused-ring (bicyclic) bond motifs is 2. The van der Waals surface area contributed by atoms with E-state index in [1.807, 2.05) is 4.90 Å². The first-order valence-corrected chi connectivity index (χ1v) is 14.2. The number of imidazole rings is 1. The molecular weight excluding hydrogens is 566 g/mol. The van der Waals surface area contributed by atoms with E-state index in [1.54, 1.807) is 25.1 Å². The van der Waals surface area contributed by atoms with Crippen LogP contribution in [0.2, 0.25) is 0 Å². The zero-order chi connectivity index (χ0) is 30.7. The summed E-state index contributed by atoms with van der Waals surface area (Å²) in [5.41, 5.74) is 4.93. The van der Waals surface area contributed by atoms with Gasteiger partial charge in [0.15, 0.2) is 0 Å². The Bertz CT molecular complexity index is 1720. The number of hydrogen-bond donors (Lipinski definition) is 2. The van der Waals surface area contributed by atoms with E-state index in [1.165, 1.54) is 23.5 Å². The van der Waals surface area contributed by atoms with Crippen LogP contribution in [0.25, 0.3) is 16.8 Å². The van der Waals surface area contributed by atoms with Gasteiger partial charge in [0.05, 0.1) is 18.4 Å². The fourth-order valence-corrected chi connectivity index (χ4v) is 6.33. The first-order chi connectivity index (χ1) is 20.4. The Morgan fingerprint density at radius 1 is 1.09 bits per heavy atom. The van der Waals surface area contributed by atoms with Crippen molar-refractivity contribution < 1.29 is 32.2 Å². The van der Waals surface area contributed by atoms with Gasteiger partial charge in [-0.2, -0.15) is 17.6 Å². The number of aromatic nitrogens is 3. The second kappa shape index (κ2) is 10.5. The maximum Gasteiger partial charge on any atom is 0.416 e. The third kappa shape index (κ3) is 4.97. The zero-order valence-corrected chi connectivity index (χ0v) is 23.7. The summed E-state index contributed by atoms with van der Waals surface area (Å²) in [5.74, 6) is -0.0802. The zero-order valence-electron chi connectivity index (χ0n) is 23.7. The number of nitrogen functional groups attached to an aromatic ring is 1. The molecule has 2 saturated heterocycles. The summed E-state index contributed by atoms with van der Waals surface area (Å²) in [5, 5.41) is 11.5. The molecule has 0 aliphatic carbocycles. The Balaban J connectivity index is 1.46. The highest BCUT2D eigenvalue weighted by Crippen LogP contribution is 2.43. The largest absolute Gasteiger partial charge is 0.493 e. The van der Waals surface area contributed by atoms with Gasteiger partial charge >= 0.3 is 6.18 Å². The van der Waals surface area contributed by atoms with E-state index in [-0.39, 0.29) is 52.7 Å². The number of carbonyl (C=O) groups excluding carboxylic acids is 1. The average Bonchev–Trinajstić information content (AvgIpc) is 3.56. The molecule has 0 bridgehead atoms. The monoisotopic (exact) mass is 597 g/mol. The molecule has 0 saturated carbocycles. The van der Waals surface area contributed by atoms with Crippen LogP contribution in [0.5, 0.6) is 5.75 Å². The Labute approximate surface area is 245 Å². The number of hydrogen-bond acceptors (Lipinski definition) is 6. The predicted molar refractivity (Wildman–Crippen MR) is 151 cm³/mol. The number of anilines is 1. The van der Waals surface area contributed by atoms with E-state index in [9.17, 15) is 23.1 Å². The number of nitrogens with zero attached hydrogens (tertiary/aromatic N) is 4. The van der Waals surface area contributed by atoms with Gasteiger partial charge in [-0.05, 0) is 68.5 Å². The molecule has 43 heavy (non-hydrogen) atoms. The molecule has 6 rings (SSSR count). The molecule has 226 valence electrons. The summed E-state index contributed by atoms with van der Waals surface area (Å²) in [6.45, 7) is 3.81. The van der Waals surface area contributed by atoms with Crippen LogP contribution >= 0.6 is 0 Å². The Morgan fingerprint density at radius 2 is 1.84 bits per heavy atom. The lowest BCUT2D eigenvalue weighted by Gasteiger charge is -2.34. The molecule has 2 aromatic heterocycles. The van der Waals surface area contributed by atoms with Gasteiger partial charge < -0.3 is 20.5 Å². The van der Waals surface area contributed by atoms with Crippen molar-refractivity contribution in [2.45, 2.75) is 63.3 Å². The minimum Gasteiger partial charge on any atom is -0.493 e. The number of aliphatic hydroxyl groups is 1. The number of carbonyl (C=O) groups is 1. The topological polar surface area (TPSA) is 106 Å². The van der Waals surface area contributed by atoms with Crippen LogP contribution in [0, 0.1) is 5.95 Å². The number of halogens is 4. The van der Waals surface area contributed by atoms with Crippen LogP contribution < -0.4 is 10.5 Å². The quantitative estimate of drug-likeness (QED) is 0.278. The molecule has 1 unspecified atom stereocenters. The Morgan fingerprint density at radius 3 is 2.58 bits per heavy atom. The van der Waals surface area contributed by atoms with E-state index in [4.69, 9.17) is 15.5 Å². The first-order valence-electron chi connectivity index (χ1n) is 14.2. The molecule has 0 radical (unpaired) electrons. The summed E-state index contributed by atoms with van der Waals surface area (Å²) in [4.78, 5) is 23.2. The van der Waals surface area contributed by atoms with Crippen LogP contribution in [0.3, 0.4) is 0 Å². The van der Waals surface area contributed by atoms with Crippen molar-refractivity contribution in [2.75, 3.05) is 18.9 Å². The smallest absolute Gasteiger partial charge is 0.416 e. The molecule has 0 spiro atoms. The molecule has 8 nitrogen and oxygen atoms in total. The lowest BCUT2D eigenvalue weighted by molar-refractivity contribution is -0.137. The number of rotatable bonds is 6. The molecule has 3 N–H and O–H groups in total. The summed E-state index contributed by atoms with van der Waals surface area (Å²) in [6.07, 6.45) is -0.721. The fraction of sp³-hybridized carbons (Fsp3) is 0.387. The lowest BCUT2D eigenvalue weighted by Crippen LogP contribution is -2.41. The average molecular weight is 598 g/mol. The minimum absolute atomic E-state index is 0.0450. The van der Waals surface area contributed by atoms with Gasteiger partial charge in [-0.3, -0.25) is 9.20 Å².